The molecule has 0 aliphatic rings. The van der Waals surface area contributed by atoms with Crippen LogP contribution in [0.5, 0.6) is 0 Å². The van der Waals surface area contributed by atoms with E-state index in [2.05, 4.69) is 57.9 Å². The summed E-state index contributed by atoms with van der Waals surface area (Å²) in [5.74, 6) is 9.35. The molecule has 6 heteroatoms. The molecule has 170 valence electrons. The number of hydrazine groups is 1. The molecule has 0 rings (SSSR count). The Balaban J connectivity index is -0.000000660. The summed E-state index contributed by atoms with van der Waals surface area (Å²) in [6.07, 6.45) is 9.13. The van der Waals surface area contributed by atoms with E-state index in [0.29, 0.717) is 25.0 Å². The van der Waals surface area contributed by atoms with Gasteiger partial charge in [0.15, 0.2) is 0 Å². The van der Waals surface area contributed by atoms with Gasteiger partial charge in [-0.1, -0.05) is 60.1 Å². The van der Waals surface area contributed by atoms with E-state index in [4.69, 9.17) is 15.6 Å². The first-order valence-corrected chi connectivity index (χ1v) is 10.7. The van der Waals surface area contributed by atoms with Crippen molar-refractivity contribution >= 4 is 0 Å². The van der Waals surface area contributed by atoms with Crippen LogP contribution in [0.2, 0.25) is 0 Å². The molecule has 0 aliphatic heterocycles. The first-order chi connectivity index (χ1) is 13.3. The van der Waals surface area contributed by atoms with Crippen molar-refractivity contribution in [3.8, 4) is 0 Å². The molecular weight excluding hydrogens is 352 g/mol. The molecule has 0 aromatic heterocycles. The van der Waals surface area contributed by atoms with Crippen molar-refractivity contribution in [3.05, 3.63) is 24.6 Å². The molecule has 0 aromatic carbocycles. The Labute approximate surface area is 174 Å². The lowest BCUT2D eigenvalue weighted by Crippen LogP contribution is -2.18. The van der Waals surface area contributed by atoms with Gasteiger partial charge in [-0.25, -0.2) is 0 Å². The van der Waals surface area contributed by atoms with Crippen molar-refractivity contribution in [2.75, 3.05) is 26.4 Å². The second-order valence-electron chi connectivity index (χ2n) is 7.85. The third-order valence-corrected chi connectivity index (χ3v) is 3.87. The lowest BCUT2D eigenvalue weighted by molar-refractivity contribution is 0.140. The molecule has 0 bridgehead atoms. The third kappa shape index (κ3) is 35.9. The van der Waals surface area contributed by atoms with Crippen LogP contribution in [0.25, 0.3) is 0 Å². The molecule has 28 heavy (non-hydrogen) atoms. The first kappa shape index (κ1) is 31.6. The van der Waals surface area contributed by atoms with Gasteiger partial charge in [0.25, 0.3) is 0 Å². The number of hydrogen-bond acceptors (Lipinski definition) is 6. The lowest BCUT2D eigenvalue weighted by atomic mass is 10.1. The largest absolute Gasteiger partial charge is 0.403 e. The van der Waals surface area contributed by atoms with Crippen molar-refractivity contribution < 1.29 is 9.84 Å². The van der Waals surface area contributed by atoms with Crippen LogP contribution < -0.4 is 22.7 Å². The molecule has 0 amide bonds. The molecule has 0 aliphatic carbocycles. The Morgan fingerprint density at radius 3 is 1.93 bits per heavy atom. The first-order valence-electron chi connectivity index (χ1n) is 10.7. The Hall–Kier alpha value is -1.08. The maximum absolute atomic E-state index is 8.24. The molecule has 0 aromatic rings. The van der Waals surface area contributed by atoms with Crippen LogP contribution in [-0.4, -0.2) is 31.5 Å². The minimum atomic E-state index is 0.331. The van der Waals surface area contributed by atoms with Crippen LogP contribution in [0, 0.1) is 11.8 Å². The molecule has 6 nitrogen and oxygen atoms in total. The maximum Gasteiger partial charge on any atom is 0.0856 e. The second-order valence-corrected chi connectivity index (χ2v) is 7.85. The normalized spacial score (nSPS) is 10.0. The fraction of sp³-hybridized carbons (Fsp3) is 0.818. The van der Waals surface area contributed by atoms with Crippen molar-refractivity contribution in [2.24, 2.45) is 29.3 Å². The van der Waals surface area contributed by atoms with Gasteiger partial charge in [-0.05, 0) is 43.9 Å². The molecule has 8 N–H and O–H groups in total. The number of unbranched alkanes of at least 4 members (excludes halogenated alkanes) is 4. The molecule has 0 spiro atoms. The average Bonchev–Trinajstić information content (AvgIpc) is 2.62. The minimum absolute atomic E-state index is 0.331. The quantitative estimate of drug-likeness (QED) is 0.152. The van der Waals surface area contributed by atoms with E-state index < -0.39 is 0 Å². The molecule has 0 unspecified atom stereocenters. The van der Waals surface area contributed by atoms with E-state index in [9.17, 15) is 0 Å². The minimum Gasteiger partial charge on any atom is -0.403 e. The highest BCUT2D eigenvalue weighted by Gasteiger charge is 1.97. The lowest BCUT2D eigenvalue weighted by Gasteiger charge is -2.11. The van der Waals surface area contributed by atoms with E-state index >= 15 is 0 Å². The van der Waals surface area contributed by atoms with Crippen molar-refractivity contribution in [2.45, 2.75) is 79.1 Å². The van der Waals surface area contributed by atoms with E-state index in [1.165, 1.54) is 32.1 Å². The number of aliphatic hydroxyl groups is 1. The highest BCUT2D eigenvalue weighted by Crippen LogP contribution is 2.07. The highest BCUT2D eigenvalue weighted by atomic mass is 16.5. The van der Waals surface area contributed by atoms with Gasteiger partial charge in [0.1, 0.15) is 0 Å². The monoisotopic (exact) mass is 402 g/mol. The van der Waals surface area contributed by atoms with Gasteiger partial charge in [0, 0.05) is 31.2 Å². The summed E-state index contributed by atoms with van der Waals surface area (Å²) in [7, 11) is 0. The molecule has 0 saturated carbocycles. The van der Waals surface area contributed by atoms with Crippen molar-refractivity contribution in [1.82, 2.24) is 5.32 Å². The fourth-order valence-electron chi connectivity index (χ4n) is 2.10. The van der Waals surface area contributed by atoms with Gasteiger partial charge < -0.3 is 20.9 Å². The maximum atomic E-state index is 8.24. The second kappa shape index (κ2) is 25.9. The molecule has 0 radical (unpaired) electrons. The van der Waals surface area contributed by atoms with E-state index in [-0.39, 0.29) is 0 Å². The summed E-state index contributed by atoms with van der Waals surface area (Å²) in [4.78, 5) is 0. The van der Waals surface area contributed by atoms with Gasteiger partial charge in [0.05, 0.1) is 6.61 Å². The van der Waals surface area contributed by atoms with Crippen LogP contribution in [0.15, 0.2) is 24.6 Å². The van der Waals surface area contributed by atoms with Crippen LogP contribution in [-0.2, 0) is 4.74 Å². The number of hydrogen-bond donors (Lipinski definition) is 5. The summed E-state index contributed by atoms with van der Waals surface area (Å²) < 4.78 is 5.56. The van der Waals surface area contributed by atoms with Gasteiger partial charge >= 0.3 is 0 Å². The fourth-order valence-corrected chi connectivity index (χ4v) is 2.10. The number of rotatable bonds is 16. The predicted octanol–water partition coefficient (Wildman–Crippen LogP) is 3.81. The molecule has 0 atom stereocenters. The number of nitrogens with two attached hydrogens (primary N) is 3. The topological polar surface area (TPSA) is 120 Å². The number of aliphatic hydroxyl groups excluding tert-OH is 1. The number of ether oxygens (including phenoxy) is 1. The molecule has 0 fully saturated rings. The van der Waals surface area contributed by atoms with Gasteiger partial charge in [-0.3, -0.25) is 11.7 Å². The summed E-state index contributed by atoms with van der Waals surface area (Å²) in [5, 5.41) is 11.6. The zero-order valence-corrected chi connectivity index (χ0v) is 19.1. The summed E-state index contributed by atoms with van der Waals surface area (Å²) in [5.41, 5.74) is 7.33. The Morgan fingerprint density at radius 1 is 0.929 bits per heavy atom. The van der Waals surface area contributed by atoms with Crippen molar-refractivity contribution in [3.63, 3.8) is 0 Å². The predicted molar refractivity (Wildman–Crippen MR) is 123 cm³/mol. The van der Waals surface area contributed by atoms with Crippen LogP contribution in [0.1, 0.15) is 79.1 Å². The van der Waals surface area contributed by atoms with Crippen LogP contribution in [0.3, 0.4) is 0 Å². The summed E-state index contributed by atoms with van der Waals surface area (Å²) in [6.45, 7) is 19.1. The molecular formula is C22H50N4O2. The Kier molecular flexibility index (Phi) is 29.3. The summed E-state index contributed by atoms with van der Waals surface area (Å²) in [6, 6.07) is 0. The number of allylic oxidation sites excluding steroid dienone is 1. The molecule has 0 saturated heterocycles. The van der Waals surface area contributed by atoms with Gasteiger partial charge in [-0.2, -0.15) is 0 Å². The van der Waals surface area contributed by atoms with Crippen LogP contribution in [0.4, 0.5) is 0 Å². The van der Waals surface area contributed by atoms with Gasteiger partial charge in [-0.15, -0.1) is 0 Å². The van der Waals surface area contributed by atoms with E-state index in [1.807, 2.05) is 0 Å². The number of nitrogens with one attached hydrogen (secondary N) is 1. The van der Waals surface area contributed by atoms with Crippen LogP contribution >= 0.6 is 0 Å². The smallest absolute Gasteiger partial charge is 0.0856 e. The zero-order chi connectivity index (χ0) is 22.2. The summed E-state index contributed by atoms with van der Waals surface area (Å²) >= 11 is 0. The van der Waals surface area contributed by atoms with E-state index in [0.717, 1.165) is 43.8 Å². The Bertz CT molecular complexity index is 334. The highest BCUT2D eigenvalue weighted by molar-refractivity contribution is 4.90. The van der Waals surface area contributed by atoms with E-state index in [1.54, 1.807) is 0 Å². The van der Waals surface area contributed by atoms with Crippen molar-refractivity contribution in [1.29, 1.82) is 0 Å². The standard InChI is InChI=1S/C17H34N2O.C5H12O.H4N2/c1-15(2)11-13-20-14-17(4)19-12-9-7-5-6-8-10-16(3)18;1-5(2)3-4-6;1-2/h15,19H,3-14,18H2,1-2H3;5-6H,3-4H2,1-2H3;1-2H2. The molecule has 0 heterocycles. The zero-order valence-electron chi connectivity index (χ0n) is 19.1. The van der Waals surface area contributed by atoms with Gasteiger partial charge in [0.2, 0.25) is 0 Å². The SMILES string of the molecule is C=C(N)CCCCCCCNC(=C)COCCC(C)C.CC(C)CCO.NN. The Morgan fingerprint density at radius 2 is 1.46 bits per heavy atom. The average molecular weight is 403 g/mol. The third-order valence-electron chi connectivity index (χ3n) is 3.87.